The van der Waals surface area contributed by atoms with Crippen molar-refractivity contribution in [3.8, 4) is 22.8 Å². The molecular weight excluding hydrogens is 673 g/mol. The highest BCUT2D eigenvalue weighted by Crippen LogP contribution is 2.42. The summed E-state index contributed by atoms with van der Waals surface area (Å²) < 4.78 is 20.2. The van der Waals surface area contributed by atoms with Crippen molar-refractivity contribution in [3.63, 3.8) is 0 Å². The van der Waals surface area contributed by atoms with Crippen LogP contribution >= 0.6 is 0 Å². The highest BCUT2D eigenvalue weighted by Gasteiger charge is 2.38. The number of aryl methyl sites for hydroxylation is 1. The summed E-state index contributed by atoms with van der Waals surface area (Å²) in [4.78, 5) is 0. The number of anilines is 2. The van der Waals surface area contributed by atoms with Gasteiger partial charge in [-0.3, -0.25) is 0 Å². The van der Waals surface area contributed by atoms with Crippen LogP contribution in [0.1, 0.15) is 23.1 Å². The second-order valence-electron chi connectivity index (χ2n) is 13.5. The number of nitrogen functional groups attached to an aromatic ring is 2. The minimum absolute atomic E-state index is 0.0862. The van der Waals surface area contributed by atoms with Crippen LogP contribution < -0.4 is 30.8 Å². The summed E-state index contributed by atoms with van der Waals surface area (Å²) in [7, 11) is 3.31. The van der Waals surface area contributed by atoms with Crippen molar-refractivity contribution in [2.75, 3.05) is 45.4 Å². The number of benzene rings is 6. The third-order valence-corrected chi connectivity index (χ3v) is 10.00. The van der Waals surface area contributed by atoms with Crippen LogP contribution in [0.4, 0.5) is 11.4 Å². The van der Waals surface area contributed by atoms with E-state index in [1.54, 1.807) is 14.2 Å². The molecule has 0 aliphatic heterocycles. The molecule has 274 valence electrons. The van der Waals surface area contributed by atoms with Gasteiger partial charge in [0.1, 0.15) is 17.1 Å². The Morgan fingerprint density at radius 3 is 1.81 bits per heavy atom. The van der Waals surface area contributed by atoms with E-state index in [0.29, 0.717) is 24.5 Å². The highest BCUT2D eigenvalue weighted by atomic mass is 16.5. The van der Waals surface area contributed by atoms with Crippen molar-refractivity contribution in [1.82, 2.24) is 5.32 Å². The average molecular weight is 720 g/mol. The molecule has 1 unspecified atom stereocenters. The number of aliphatic hydroxyl groups is 1. The first kappa shape index (κ1) is 36.4. The van der Waals surface area contributed by atoms with Gasteiger partial charge >= 0.3 is 0 Å². The van der Waals surface area contributed by atoms with Crippen LogP contribution in [0.3, 0.4) is 0 Å². The largest absolute Gasteiger partial charge is 0.497 e. The molecule has 0 saturated carbocycles. The normalized spacial score (nSPS) is 12.2. The van der Waals surface area contributed by atoms with Crippen molar-refractivity contribution in [1.29, 1.82) is 0 Å². The first-order chi connectivity index (χ1) is 26.4. The van der Waals surface area contributed by atoms with Gasteiger partial charge in [-0.1, -0.05) is 78.9 Å². The molecule has 1 atom stereocenters. The molecule has 0 spiro atoms. The SMILES string of the molecule is COc1ccc(C(OCC(O)CNCCC[n+]2c(-c3ccccc3)c3cc(N)ccc3c3ccc(N)cc32)(c2ccccc2)c2ccc(OC)cc2)cc1. The summed E-state index contributed by atoms with van der Waals surface area (Å²) in [5.74, 6) is 1.50. The second kappa shape index (κ2) is 16.4. The molecule has 8 heteroatoms. The molecule has 7 rings (SSSR count). The Morgan fingerprint density at radius 2 is 1.20 bits per heavy atom. The van der Waals surface area contributed by atoms with Crippen molar-refractivity contribution < 1.29 is 23.9 Å². The van der Waals surface area contributed by atoms with E-state index in [2.05, 4.69) is 70.5 Å². The van der Waals surface area contributed by atoms with E-state index in [-0.39, 0.29) is 6.61 Å². The van der Waals surface area contributed by atoms with Crippen LogP contribution in [-0.2, 0) is 16.9 Å². The van der Waals surface area contributed by atoms with Gasteiger partial charge in [0.25, 0.3) is 0 Å². The van der Waals surface area contributed by atoms with Crippen LogP contribution in [0.25, 0.3) is 32.9 Å². The van der Waals surface area contributed by atoms with Gasteiger partial charge in [-0.2, -0.15) is 4.57 Å². The molecule has 6 aromatic carbocycles. The zero-order chi connectivity index (χ0) is 37.5. The first-order valence-electron chi connectivity index (χ1n) is 18.3. The molecule has 0 aliphatic carbocycles. The fraction of sp³-hybridized carbons (Fsp3) is 0.196. The van der Waals surface area contributed by atoms with Gasteiger partial charge < -0.3 is 36.1 Å². The molecule has 0 aliphatic rings. The maximum absolute atomic E-state index is 11.4. The van der Waals surface area contributed by atoms with Crippen molar-refractivity contribution in [3.05, 3.63) is 162 Å². The van der Waals surface area contributed by atoms with Crippen LogP contribution in [0.15, 0.2) is 146 Å². The maximum Gasteiger partial charge on any atom is 0.220 e. The zero-order valence-corrected chi connectivity index (χ0v) is 30.7. The number of hydrogen-bond donors (Lipinski definition) is 4. The Labute approximate surface area is 316 Å². The Balaban J connectivity index is 1.11. The van der Waals surface area contributed by atoms with Gasteiger partial charge in [0, 0.05) is 47.9 Å². The summed E-state index contributed by atoms with van der Waals surface area (Å²) >= 11 is 0. The van der Waals surface area contributed by atoms with Crippen molar-refractivity contribution >= 4 is 33.1 Å². The maximum atomic E-state index is 11.4. The quantitative estimate of drug-likeness (QED) is 0.0286. The van der Waals surface area contributed by atoms with Crippen LogP contribution in [-0.4, -0.2) is 45.1 Å². The molecule has 0 radical (unpaired) electrons. The zero-order valence-electron chi connectivity index (χ0n) is 30.7. The molecule has 6 N–H and O–H groups in total. The smallest absolute Gasteiger partial charge is 0.220 e. The fourth-order valence-electron chi connectivity index (χ4n) is 7.38. The number of fused-ring (bicyclic) bond motifs is 3. The van der Waals surface area contributed by atoms with E-state index >= 15 is 0 Å². The van der Waals surface area contributed by atoms with Crippen LogP contribution in [0.5, 0.6) is 11.5 Å². The summed E-state index contributed by atoms with van der Waals surface area (Å²) in [6, 6.07) is 48.5. The summed E-state index contributed by atoms with van der Waals surface area (Å²) in [6.07, 6.45) is 0.0305. The minimum atomic E-state index is -1.01. The lowest BCUT2D eigenvalue weighted by Gasteiger charge is -2.36. The van der Waals surface area contributed by atoms with E-state index in [1.165, 1.54) is 0 Å². The van der Waals surface area contributed by atoms with Gasteiger partial charge in [0.15, 0.2) is 6.54 Å². The summed E-state index contributed by atoms with van der Waals surface area (Å²) in [5, 5.41) is 18.2. The average Bonchev–Trinajstić information content (AvgIpc) is 3.22. The first-order valence-corrected chi connectivity index (χ1v) is 18.3. The van der Waals surface area contributed by atoms with E-state index in [9.17, 15) is 5.11 Å². The lowest BCUT2D eigenvalue weighted by Crippen LogP contribution is -2.40. The minimum Gasteiger partial charge on any atom is -0.497 e. The number of nitrogens with one attached hydrogen (secondary N) is 1. The molecule has 8 nitrogen and oxygen atoms in total. The number of rotatable bonds is 15. The van der Waals surface area contributed by atoms with E-state index in [1.807, 2.05) is 84.9 Å². The number of pyridine rings is 1. The number of nitrogens with two attached hydrogens (primary N) is 2. The van der Waals surface area contributed by atoms with Crippen LogP contribution in [0, 0.1) is 0 Å². The Kier molecular flexibility index (Phi) is 11.1. The van der Waals surface area contributed by atoms with Gasteiger partial charge in [0.2, 0.25) is 11.2 Å². The van der Waals surface area contributed by atoms with Gasteiger partial charge in [-0.05, 0) is 77.4 Å². The lowest BCUT2D eigenvalue weighted by atomic mass is 9.80. The number of nitrogens with zero attached hydrogens (tertiary/aromatic N) is 1. The monoisotopic (exact) mass is 719 g/mol. The Morgan fingerprint density at radius 1 is 0.648 bits per heavy atom. The van der Waals surface area contributed by atoms with Crippen LogP contribution in [0.2, 0.25) is 0 Å². The molecule has 1 aromatic heterocycles. The molecule has 0 saturated heterocycles. The number of methoxy groups -OCH3 is 2. The van der Waals surface area contributed by atoms with E-state index in [4.69, 9.17) is 25.7 Å². The van der Waals surface area contributed by atoms with Gasteiger partial charge in [0.05, 0.1) is 37.7 Å². The Bertz CT molecular complexity index is 2270. The predicted molar refractivity (Wildman–Crippen MR) is 218 cm³/mol. The predicted octanol–water partition coefficient (Wildman–Crippen LogP) is 7.48. The topological polar surface area (TPSA) is 116 Å². The highest BCUT2D eigenvalue weighted by molar-refractivity contribution is 6.10. The molecular formula is C46H47N4O4+. The molecule has 54 heavy (non-hydrogen) atoms. The number of aliphatic hydroxyl groups excluding tert-OH is 1. The van der Waals surface area contributed by atoms with Gasteiger partial charge in [-0.15, -0.1) is 0 Å². The molecule has 1 heterocycles. The Hall–Kier alpha value is -5.93. The van der Waals surface area contributed by atoms with E-state index < -0.39 is 11.7 Å². The number of ether oxygens (including phenoxy) is 3. The summed E-state index contributed by atoms with van der Waals surface area (Å²) in [6.45, 7) is 1.84. The third kappa shape index (κ3) is 7.45. The van der Waals surface area contributed by atoms with Crippen molar-refractivity contribution in [2.45, 2.75) is 24.7 Å². The second-order valence-corrected chi connectivity index (χ2v) is 13.5. The van der Waals surface area contributed by atoms with Gasteiger partial charge in [-0.25, -0.2) is 0 Å². The summed E-state index contributed by atoms with van der Waals surface area (Å²) in [5.41, 5.74) is 19.2. The fourth-order valence-corrected chi connectivity index (χ4v) is 7.38. The number of hydrogen-bond acceptors (Lipinski definition) is 7. The molecule has 0 amide bonds. The lowest BCUT2D eigenvalue weighted by molar-refractivity contribution is -0.659. The molecule has 0 bridgehead atoms. The number of aromatic nitrogens is 1. The molecule has 0 fully saturated rings. The van der Waals surface area contributed by atoms with E-state index in [0.717, 1.165) is 74.1 Å². The van der Waals surface area contributed by atoms with Crippen molar-refractivity contribution in [2.24, 2.45) is 0 Å². The standard InChI is InChI=1S/C46H46N4O4/c1-52-39-20-14-34(15-21-39)46(33-12-7-4-8-13-33,35-16-22-40(53-2)23-17-35)54-31-38(51)30-49-26-9-27-50-44-29-37(48)19-25-42(44)41-24-18-36(47)28-43(41)45(50)32-10-5-3-6-11-32/h3-8,10-25,28-29,38,48-49,51H,9,26-27,30-31,47H2,1-2H3/p+1. The third-order valence-electron chi connectivity index (χ3n) is 10.00. The molecule has 7 aromatic rings.